The van der Waals surface area contributed by atoms with Crippen molar-refractivity contribution in [1.82, 2.24) is 14.5 Å². The van der Waals surface area contributed by atoms with E-state index in [2.05, 4.69) is 36.6 Å². The third kappa shape index (κ3) is 5.98. The summed E-state index contributed by atoms with van der Waals surface area (Å²) in [7, 11) is 0. The van der Waals surface area contributed by atoms with Crippen LogP contribution >= 0.6 is 0 Å². The Kier molecular flexibility index (Phi) is 7.85. The molecular formula is C31H34N6O4. The Bertz CT molecular complexity index is 1700. The highest BCUT2D eigenvalue weighted by Crippen LogP contribution is 2.30. The lowest BCUT2D eigenvalue weighted by molar-refractivity contribution is 0.0520. The Morgan fingerprint density at radius 2 is 1.44 bits per heavy atom. The van der Waals surface area contributed by atoms with Crippen molar-refractivity contribution in [3.8, 4) is 0 Å². The lowest BCUT2D eigenvalue weighted by Gasteiger charge is -2.19. The third-order valence-corrected chi connectivity index (χ3v) is 7.32. The highest BCUT2D eigenvalue weighted by Gasteiger charge is 2.22. The highest BCUT2D eigenvalue weighted by atomic mass is 16.6. The Hall–Kier alpha value is -4.56. The van der Waals surface area contributed by atoms with Gasteiger partial charge < -0.3 is 19.2 Å². The molecule has 0 bridgehead atoms. The predicted molar refractivity (Wildman–Crippen MR) is 157 cm³/mol. The van der Waals surface area contributed by atoms with Gasteiger partial charge in [-0.1, -0.05) is 41.5 Å². The average Bonchev–Trinajstić information content (AvgIpc) is 3.52. The highest BCUT2D eigenvalue weighted by molar-refractivity contribution is 6.11. The van der Waals surface area contributed by atoms with Crippen LogP contribution in [0.4, 0.5) is 4.79 Å². The van der Waals surface area contributed by atoms with Gasteiger partial charge in [-0.3, -0.25) is 9.59 Å². The van der Waals surface area contributed by atoms with Crippen LogP contribution in [0.3, 0.4) is 0 Å². The van der Waals surface area contributed by atoms with Crippen LogP contribution in [0.1, 0.15) is 65.5 Å². The van der Waals surface area contributed by atoms with Crippen LogP contribution in [0.2, 0.25) is 0 Å². The van der Waals surface area contributed by atoms with Crippen LogP contribution in [0.25, 0.3) is 32.2 Å². The minimum absolute atomic E-state index is 0.0573. The van der Waals surface area contributed by atoms with E-state index < -0.39 is 11.7 Å². The lowest BCUT2D eigenvalue weighted by Crippen LogP contribution is -2.35. The zero-order valence-electron chi connectivity index (χ0n) is 23.6. The van der Waals surface area contributed by atoms with Gasteiger partial charge >= 0.3 is 6.09 Å². The molecule has 41 heavy (non-hydrogen) atoms. The molecule has 1 amide bonds. The van der Waals surface area contributed by atoms with Crippen molar-refractivity contribution in [1.29, 1.82) is 0 Å². The number of amides is 1. The molecule has 6 rings (SSSR count). The smallest absolute Gasteiger partial charge is 0.408 e. The van der Waals surface area contributed by atoms with E-state index >= 15 is 0 Å². The summed E-state index contributed by atoms with van der Waals surface area (Å²) < 4.78 is 9.44. The van der Waals surface area contributed by atoms with E-state index in [0.29, 0.717) is 11.1 Å². The van der Waals surface area contributed by atoms with Crippen molar-refractivity contribution >= 4 is 39.5 Å². The second-order valence-corrected chi connectivity index (χ2v) is 11.4. The molecular weight excluding hydrogens is 520 g/mol. The maximum absolute atomic E-state index is 12.5. The molecule has 0 aliphatic carbocycles. The van der Waals surface area contributed by atoms with Crippen molar-refractivity contribution in [2.45, 2.75) is 65.1 Å². The Morgan fingerprint density at radius 3 is 1.95 bits per heavy atom. The van der Waals surface area contributed by atoms with Crippen molar-refractivity contribution in [3.05, 3.63) is 81.5 Å². The second-order valence-electron chi connectivity index (χ2n) is 11.4. The van der Waals surface area contributed by atoms with Gasteiger partial charge in [0.25, 0.3) is 0 Å². The Balaban J connectivity index is 0.000000169. The number of Topliss-reactive ketones (excluding diaryl/α,β-unsaturated/α-hetero) is 2. The number of alkyl carbamates (subject to hydrolysis) is 1. The summed E-state index contributed by atoms with van der Waals surface area (Å²) in [6, 6.07) is 12.1. The minimum Gasteiger partial charge on any atom is -0.444 e. The maximum Gasteiger partial charge on any atom is 0.408 e. The molecule has 10 heteroatoms. The lowest BCUT2D eigenvalue weighted by atomic mass is 10.0. The van der Waals surface area contributed by atoms with E-state index in [-0.39, 0.29) is 24.7 Å². The van der Waals surface area contributed by atoms with E-state index in [0.717, 1.165) is 60.6 Å². The molecule has 0 radical (unpaired) electrons. The molecule has 2 aliphatic heterocycles. The monoisotopic (exact) mass is 554 g/mol. The first kappa shape index (κ1) is 28.0. The first-order chi connectivity index (χ1) is 19.7. The van der Waals surface area contributed by atoms with E-state index in [9.17, 15) is 14.4 Å². The van der Waals surface area contributed by atoms with Gasteiger partial charge in [-0.25, -0.2) is 4.79 Å². The van der Waals surface area contributed by atoms with Gasteiger partial charge in [0, 0.05) is 52.3 Å². The second kappa shape index (κ2) is 11.5. The van der Waals surface area contributed by atoms with Crippen LogP contribution in [0.15, 0.2) is 53.9 Å². The molecule has 2 aromatic carbocycles. The number of hydrogen-bond acceptors (Lipinski definition) is 5. The first-order valence-electron chi connectivity index (χ1n) is 13.9. The van der Waals surface area contributed by atoms with E-state index in [1.54, 1.807) is 20.8 Å². The summed E-state index contributed by atoms with van der Waals surface area (Å²) >= 11 is 0. The Labute approximate surface area is 237 Å². The van der Waals surface area contributed by atoms with Crippen LogP contribution < -0.4 is 5.32 Å². The molecule has 0 spiro atoms. The molecule has 0 atom stereocenters. The SMILES string of the molecule is CC(C)(C)OC(=O)NCC(=O)c1cn2c3c(cccc13)CCC2.[N-]=[N+]=NCC(=O)c1cn2c3c(cccc13)CCC2. The molecule has 2 aromatic heterocycles. The molecule has 0 saturated heterocycles. The van der Waals surface area contributed by atoms with Crippen LogP contribution in [0.5, 0.6) is 0 Å². The molecule has 0 unspecified atom stereocenters. The summed E-state index contributed by atoms with van der Waals surface area (Å²) in [5.74, 6) is -0.214. The zero-order chi connectivity index (χ0) is 29.1. The van der Waals surface area contributed by atoms with Gasteiger partial charge in [0.15, 0.2) is 11.6 Å². The van der Waals surface area contributed by atoms with Crippen molar-refractivity contribution in [2.75, 3.05) is 13.1 Å². The summed E-state index contributed by atoms with van der Waals surface area (Å²) in [5, 5.41) is 7.84. The normalized spacial score (nSPS) is 13.6. The van der Waals surface area contributed by atoms with Gasteiger partial charge in [-0.15, -0.1) is 0 Å². The van der Waals surface area contributed by atoms with Crippen LogP contribution in [-0.4, -0.2) is 45.5 Å². The fourth-order valence-corrected chi connectivity index (χ4v) is 5.70. The van der Waals surface area contributed by atoms with Gasteiger partial charge in [-0.2, -0.15) is 0 Å². The van der Waals surface area contributed by atoms with Gasteiger partial charge in [0.05, 0.1) is 24.1 Å². The number of carbonyl (C=O) groups is 3. The number of aryl methyl sites for hydroxylation is 4. The summed E-state index contributed by atoms with van der Waals surface area (Å²) in [4.78, 5) is 38.8. The number of para-hydroxylation sites is 2. The molecule has 10 nitrogen and oxygen atoms in total. The fourth-order valence-electron chi connectivity index (χ4n) is 5.70. The maximum atomic E-state index is 12.5. The molecule has 2 aliphatic rings. The number of hydrogen-bond donors (Lipinski definition) is 1. The van der Waals surface area contributed by atoms with Crippen molar-refractivity contribution in [3.63, 3.8) is 0 Å². The zero-order valence-corrected chi connectivity index (χ0v) is 23.6. The van der Waals surface area contributed by atoms with Gasteiger partial charge in [0.2, 0.25) is 0 Å². The number of nitrogens with one attached hydrogen (secondary N) is 1. The number of ether oxygens (including phenoxy) is 1. The Morgan fingerprint density at radius 1 is 0.902 bits per heavy atom. The number of azide groups is 1. The standard InChI is InChI=1S/C18H22N2O3.C13H12N4O/c1-18(2,3)23-17(22)19-10-15(21)14-11-20-9-5-7-12-6-4-8-13(14)16(12)20;14-16-15-7-12(18)11-8-17-6-2-4-9-3-1-5-10(11)13(9)17/h4,6,8,11H,5,7,9-10H2,1-3H3,(H,19,22);1,3,5,8H,2,4,6-7H2. The summed E-state index contributed by atoms with van der Waals surface area (Å²) in [6.07, 6.45) is 7.53. The van der Waals surface area contributed by atoms with Gasteiger partial charge in [0.1, 0.15) is 5.60 Å². The number of nitrogens with zero attached hydrogens (tertiary/aromatic N) is 5. The summed E-state index contributed by atoms with van der Waals surface area (Å²) in [5.41, 5.74) is 13.9. The fraction of sp³-hybridized carbons (Fsp3) is 0.387. The topological polar surface area (TPSA) is 131 Å². The minimum atomic E-state index is -0.573. The van der Waals surface area contributed by atoms with E-state index in [1.807, 2.05) is 36.7 Å². The molecule has 0 fully saturated rings. The first-order valence-corrected chi connectivity index (χ1v) is 13.9. The number of rotatable bonds is 6. The molecule has 212 valence electrons. The van der Waals surface area contributed by atoms with E-state index in [4.69, 9.17) is 10.3 Å². The van der Waals surface area contributed by atoms with Crippen LogP contribution in [-0.2, 0) is 30.7 Å². The summed E-state index contributed by atoms with van der Waals surface area (Å²) in [6.45, 7) is 7.08. The molecule has 1 N–H and O–H groups in total. The quantitative estimate of drug-likeness (QED) is 0.128. The number of aromatic nitrogens is 2. The van der Waals surface area contributed by atoms with Gasteiger partial charge in [-0.05, 0) is 63.1 Å². The number of carbonyl (C=O) groups excluding carboxylic acids is 3. The number of benzene rings is 2. The van der Waals surface area contributed by atoms with Crippen LogP contribution in [0, 0.1) is 0 Å². The van der Waals surface area contributed by atoms with Crippen molar-refractivity contribution < 1.29 is 19.1 Å². The molecule has 4 aromatic rings. The molecule has 0 saturated carbocycles. The van der Waals surface area contributed by atoms with Crippen molar-refractivity contribution in [2.24, 2.45) is 5.11 Å². The molecule has 4 heterocycles. The van der Waals surface area contributed by atoms with E-state index in [1.165, 1.54) is 11.1 Å². The average molecular weight is 555 g/mol. The largest absolute Gasteiger partial charge is 0.444 e. The number of ketones is 2. The predicted octanol–water partition coefficient (Wildman–Crippen LogP) is 6.38. The third-order valence-electron chi connectivity index (χ3n) is 7.32.